The van der Waals surface area contributed by atoms with Crippen molar-refractivity contribution in [3.8, 4) is 0 Å². The summed E-state index contributed by atoms with van der Waals surface area (Å²) in [5.74, 6) is -1.97. The molecular weight excluding hydrogens is 439 g/mol. The molecule has 0 unspecified atom stereocenters. The quantitative estimate of drug-likeness (QED) is 0.602. The minimum absolute atomic E-state index is 0.180. The number of nitrogens with zero attached hydrogens (tertiary/aromatic N) is 1. The number of carbonyl (C=O) groups excluding carboxylic acids is 2. The van der Waals surface area contributed by atoms with E-state index in [-0.39, 0.29) is 25.3 Å². The van der Waals surface area contributed by atoms with E-state index in [0.29, 0.717) is 11.4 Å². The topological polar surface area (TPSA) is 89.4 Å². The molecule has 2 aromatic rings. The molecule has 0 spiro atoms. The van der Waals surface area contributed by atoms with Crippen LogP contribution < -0.4 is 16.1 Å². The van der Waals surface area contributed by atoms with Gasteiger partial charge in [0.15, 0.2) is 0 Å². The minimum atomic E-state index is -4.64. The predicted molar refractivity (Wildman–Crippen MR) is 108 cm³/mol. The molecule has 0 atom stereocenters. The molecule has 0 aliphatic heterocycles. The van der Waals surface area contributed by atoms with Gasteiger partial charge in [-0.3, -0.25) is 14.4 Å². The molecule has 1 aromatic heterocycles. The summed E-state index contributed by atoms with van der Waals surface area (Å²) in [5.41, 5.74) is -1.02. The number of hydrogen-bond donors (Lipinski definition) is 2. The summed E-state index contributed by atoms with van der Waals surface area (Å²) in [6.45, 7) is -1.04. The van der Waals surface area contributed by atoms with Crippen LogP contribution in [0.5, 0.6) is 0 Å². The first-order valence-corrected chi connectivity index (χ1v) is 9.59. The first kappa shape index (κ1) is 24.4. The molecular formula is C20H21ClF3N3O4. The Balaban J connectivity index is 2.20. The highest BCUT2D eigenvalue weighted by molar-refractivity contribution is 6.30. The van der Waals surface area contributed by atoms with Gasteiger partial charge in [-0.1, -0.05) is 23.7 Å². The van der Waals surface area contributed by atoms with Gasteiger partial charge >= 0.3 is 6.18 Å². The number of nitrogens with one attached hydrogen (secondary N) is 2. The summed E-state index contributed by atoms with van der Waals surface area (Å²) >= 11 is 5.91. The summed E-state index contributed by atoms with van der Waals surface area (Å²) in [7, 11) is 1.43. The molecule has 168 valence electrons. The molecule has 0 saturated carbocycles. The number of ether oxygens (including phenoxy) is 1. The van der Waals surface area contributed by atoms with Crippen LogP contribution in [-0.2, 0) is 17.7 Å². The smallest absolute Gasteiger partial charge is 0.383 e. The number of pyridine rings is 1. The second-order valence-electron chi connectivity index (χ2n) is 6.58. The van der Waals surface area contributed by atoms with Crippen molar-refractivity contribution in [1.29, 1.82) is 0 Å². The van der Waals surface area contributed by atoms with Crippen LogP contribution in [0.1, 0.15) is 26.3 Å². The Morgan fingerprint density at radius 2 is 1.77 bits per heavy atom. The van der Waals surface area contributed by atoms with E-state index < -0.39 is 35.5 Å². The van der Waals surface area contributed by atoms with E-state index in [1.165, 1.54) is 17.9 Å². The monoisotopic (exact) mass is 459 g/mol. The summed E-state index contributed by atoms with van der Waals surface area (Å²) in [6.07, 6.45) is -1.87. The fraction of sp³-hybridized carbons (Fsp3) is 0.350. The molecule has 2 amide bonds. The summed E-state index contributed by atoms with van der Waals surface area (Å²) < 4.78 is 43.5. The van der Waals surface area contributed by atoms with Crippen LogP contribution >= 0.6 is 11.6 Å². The van der Waals surface area contributed by atoms with Crippen LogP contribution in [0.25, 0.3) is 0 Å². The van der Waals surface area contributed by atoms with Crippen molar-refractivity contribution < 1.29 is 27.5 Å². The van der Waals surface area contributed by atoms with E-state index in [2.05, 4.69) is 5.32 Å². The molecule has 2 rings (SSSR count). The van der Waals surface area contributed by atoms with E-state index in [9.17, 15) is 27.6 Å². The van der Waals surface area contributed by atoms with Gasteiger partial charge in [-0.05, 0) is 24.1 Å². The number of carbonyl (C=O) groups is 2. The highest BCUT2D eigenvalue weighted by Crippen LogP contribution is 2.13. The lowest BCUT2D eigenvalue weighted by Crippen LogP contribution is -2.39. The second-order valence-corrected chi connectivity index (χ2v) is 7.02. The molecule has 0 aliphatic rings. The third-order valence-electron chi connectivity index (χ3n) is 4.16. The number of halogens is 4. The number of rotatable bonds is 9. The first-order chi connectivity index (χ1) is 14.6. The van der Waals surface area contributed by atoms with Crippen molar-refractivity contribution in [2.45, 2.75) is 19.1 Å². The van der Waals surface area contributed by atoms with Crippen molar-refractivity contribution >= 4 is 23.4 Å². The Morgan fingerprint density at radius 3 is 2.35 bits per heavy atom. The van der Waals surface area contributed by atoms with E-state index in [1.807, 2.05) is 6.07 Å². The lowest BCUT2D eigenvalue weighted by Gasteiger charge is -2.13. The average molecular weight is 460 g/mol. The van der Waals surface area contributed by atoms with Crippen LogP contribution in [0, 0.1) is 0 Å². The van der Waals surface area contributed by atoms with E-state index in [0.717, 1.165) is 11.8 Å². The molecule has 7 nitrogen and oxygen atoms in total. The van der Waals surface area contributed by atoms with Gasteiger partial charge in [0.05, 0.1) is 6.61 Å². The third kappa shape index (κ3) is 7.72. The Kier molecular flexibility index (Phi) is 8.64. The lowest BCUT2D eigenvalue weighted by atomic mass is 10.1. The van der Waals surface area contributed by atoms with Crippen LogP contribution in [0.2, 0.25) is 5.02 Å². The zero-order valence-electron chi connectivity index (χ0n) is 16.6. The van der Waals surface area contributed by atoms with Crippen molar-refractivity contribution in [2.24, 2.45) is 0 Å². The van der Waals surface area contributed by atoms with Gasteiger partial charge in [0.25, 0.3) is 11.8 Å². The summed E-state index contributed by atoms with van der Waals surface area (Å²) in [6, 6.07) is 7.02. The predicted octanol–water partition coefficient (Wildman–Crippen LogP) is 2.41. The van der Waals surface area contributed by atoms with Gasteiger partial charge in [0, 0.05) is 37.6 Å². The van der Waals surface area contributed by atoms with Gasteiger partial charge < -0.3 is 19.9 Å². The Hall–Kier alpha value is -2.85. The number of benzene rings is 1. The minimum Gasteiger partial charge on any atom is -0.383 e. The van der Waals surface area contributed by atoms with Crippen molar-refractivity contribution in [3.63, 3.8) is 0 Å². The fourth-order valence-corrected chi connectivity index (χ4v) is 2.88. The number of alkyl halides is 3. The van der Waals surface area contributed by atoms with Crippen molar-refractivity contribution in [3.05, 3.63) is 68.6 Å². The van der Waals surface area contributed by atoms with Crippen molar-refractivity contribution in [2.75, 3.05) is 26.8 Å². The molecule has 0 saturated heterocycles. The molecule has 0 bridgehead atoms. The van der Waals surface area contributed by atoms with Gasteiger partial charge in [-0.2, -0.15) is 13.2 Å². The molecule has 11 heteroatoms. The fourth-order valence-electron chi connectivity index (χ4n) is 2.66. The Morgan fingerprint density at radius 1 is 1.13 bits per heavy atom. The normalized spacial score (nSPS) is 11.3. The molecule has 1 aromatic carbocycles. The van der Waals surface area contributed by atoms with Crippen LogP contribution in [0.4, 0.5) is 13.2 Å². The van der Waals surface area contributed by atoms with Gasteiger partial charge in [-0.15, -0.1) is 0 Å². The molecule has 0 fully saturated rings. The SMILES string of the molecule is COCCn1cc(C(=O)NCCc2cccc(Cl)c2)c(=O)c(C(=O)NCC(F)(F)F)c1. The van der Waals surface area contributed by atoms with Crippen LogP contribution in [0.3, 0.4) is 0 Å². The van der Waals surface area contributed by atoms with Gasteiger partial charge in [0.1, 0.15) is 17.7 Å². The first-order valence-electron chi connectivity index (χ1n) is 9.21. The standard InChI is InChI=1S/C20H21ClF3N3O4/c1-31-8-7-27-10-15(17(28)16(11-27)19(30)26-12-20(22,23)24)18(29)25-6-5-13-3-2-4-14(21)9-13/h2-4,9-11H,5-8,12H2,1H3,(H,25,29)(H,26,30). The Bertz CT molecular complexity index is 992. The van der Waals surface area contributed by atoms with E-state index in [1.54, 1.807) is 23.5 Å². The maximum atomic E-state index is 12.6. The highest BCUT2D eigenvalue weighted by Gasteiger charge is 2.29. The molecule has 0 radical (unpaired) electrons. The molecule has 1 heterocycles. The van der Waals surface area contributed by atoms with E-state index >= 15 is 0 Å². The third-order valence-corrected chi connectivity index (χ3v) is 4.39. The Labute approximate surface area is 181 Å². The molecule has 2 N–H and O–H groups in total. The highest BCUT2D eigenvalue weighted by atomic mass is 35.5. The largest absolute Gasteiger partial charge is 0.405 e. The van der Waals surface area contributed by atoms with Crippen LogP contribution in [-0.4, -0.2) is 49.4 Å². The van der Waals surface area contributed by atoms with Gasteiger partial charge in [-0.25, -0.2) is 0 Å². The lowest BCUT2D eigenvalue weighted by molar-refractivity contribution is -0.123. The van der Waals surface area contributed by atoms with E-state index in [4.69, 9.17) is 16.3 Å². The van der Waals surface area contributed by atoms with Gasteiger partial charge in [0.2, 0.25) is 5.43 Å². The average Bonchev–Trinajstić information content (AvgIpc) is 2.70. The zero-order valence-corrected chi connectivity index (χ0v) is 17.3. The number of amides is 2. The summed E-state index contributed by atoms with van der Waals surface area (Å²) in [4.78, 5) is 37.3. The number of methoxy groups -OCH3 is 1. The summed E-state index contributed by atoms with van der Waals surface area (Å²) in [5, 5.41) is 4.77. The maximum Gasteiger partial charge on any atom is 0.405 e. The molecule has 31 heavy (non-hydrogen) atoms. The second kappa shape index (κ2) is 11.0. The number of hydrogen-bond acceptors (Lipinski definition) is 4. The zero-order chi connectivity index (χ0) is 23.0. The van der Waals surface area contributed by atoms with Crippen molar-refractivity contribution in [1.82, 2.24) is 15.2 Å². The number of aromatic nitrogens is 1. The molecule has 0 aliphatic carbocycles. The maximum absolute atomic E-state index is 12.6. The van der Waals surface area contributed by atoms with Crippen LogP contribution in [0.15, 0.2) is 41.5 Å².